The highest BCUT2D eigenvalue weighted by molar-refractivity contribution is 5.93. The number of pyridine rings is 1. The molecule has 160 valence electrons. The number of aromatic carboxylic acids is 1. The quantitative estimate of drug-likeness (QED) is 0.578. The van der Waals surface area contributed by atoms with Crippen LogP contribution >= 0.6 is 0 Å². The third kappa shape index (κ3) is 4.32. The number of nitrogens with zero attached hydrogens (tertiary/aromatic N) is 2. The Labute approximate surface area is 183 Å². The van der Waals surface area contributed by atoms with Gasteiger partial charge in [-0.2, -0.15) is 0 Å². The van der Waals surface area contributed by atoms with Gasteiger partial charge in [0.15, 0.2) is 0 Å². The first kappa shape index (κ1) is 21.1. The summed E-state index contributed by atoms with van der Waals surface area (Å²) in [5, 5.41) is 12.8. The summed E-state index contributed by atoms with van der Waals surface area (Å²) in [5.74, 6) is -0.478. The van der Waals surface area contributed by atoms with Crippen LogP contribution in [0.5, 0.6) is 0 Å². The van der Waals surface area contributed by atoms with Crippen LogP contribution in [0, 0.1) is 0 Å². The van der Waals surface area contributed by atoms with E-state index in [2.05, 4.69) is 78.6 Å². The molecule has 5 heteroatoms. The first-order valence-electron chi connectivity index (χ1n) is 10.8. The number of rotatable bonds is 6. The molecule has 3 aromatic rings. The molecule has 0 aliphatic carbocycles. The topological polar surface area (TPSA) is 65.5 Å². The molecule has 0 amide bonds. The summed E-state index contributed by atoms with van der Waals surface area (Å²) in [7, 11) is 2.12. The van der Waals surface area contributed by atoms with E-state index in [1.807, 2.05) is 0 Å². The van der Waals surface area contributed by atoms with Crippen molar-refractivity contribution < 1.29 is 9.90 Å². The zero-order chi connectivity index (χ0) is 22.0. The van der Waals surface area contributed by atoms with Gasteiger partial charge in [0.05, 0.1) is 23.5 Å². The Bertz CT molecular complexity index is 1090. The lowest BCUT2D eigenvalue weighted by Crippen LogP contribution is -2.36. The lowest BCUT2D eigenvalue weighted by Gasteiger charge is -2.35. The number of hydrogen-bond donors (Lipinski definition) is 2. The normalized spacial score (nSPS) is 16.2. The Morgan fingerprint density at radius 3 is 2.81 bits per heavy atom. The number of benzene rings is 2. The molecule has 2 N–H and O–H groups in total. The highest BCUT2D eigenvalue weighted by Gasteiger charge is 2.25. The van der Waals surface area contributed by atoms with Crippen LogP contribution in [0.3, 0.4) is 0 Å². The number of carboxylic acids is 1. The number of hydrogen-bond acceptors (Lipinski definition) is 4. The molecule has 4 rings (SSSR count). The maximum absolute atomic E-state index is 11.5. The molecular weight excluding hydrogens is 386 g/mol. The summed E-state index contributed by atoms with van der Waals surface area (Å²) < 4.78 is 0. The molecule has 1 atom stereocenters. The largest absolute Gasteiger partial charge is 0.478 e. The molecule has 1 aliphatic rings. The van der Waals surface area contributed by atoms with Crippen molar-refractivity contribution in [1.29, 1.82) is 0 Å². The summed E-state index contributed by atoms with van der Waals surface area (Å²) >= 11 is 0. The molecule has 0 saturated carbocycles. The smallest absolute Gasteiger partial charge is 0.337 e. The zero-order valence-corrected chi connectivity index (χ0v) is 18.3. The Kier molecular flexibility index (Phi) is 6.05. The van der Waals surface area contributed by atoms with Crippen molar-refractivity contribution in [2.45, 2.75) is 32.2 Å². The summed E-state index contributed by atoms with van der Waals surface area (Å²) in [6.45, 7) is 6.06. The van der Waals surface area contributed by atoms with E-state index in [9.17, 15) is 9.90 Å². The van der Waals surface area contributed by atoms with Gasteiger partial charge in [-0.25, -0.2) is 4.79 Å². The maximum atomic E-state index is 11.5. The lowest BCUT2D eigenvalue weighted by molar-refractivity contribution is 0.0697. The van der Waals surface area contributed by atoms with Crippen LogP contribution in [0.4, 0.5) is 5.69 Å². The Hall–Kier alpha value is -3.18. The third-order valence-corrected chi connectivity index (χ3v) is 6.20. The van der Waals surface area contributed by atoms with Gasteiger partial charge in [-0.05, 0) is 53.3 Å². The van der Waals surface area contributed by atoms with Crippen molar-refractivity contribution in [3.63, 3.8) is 0 Å². The molecule has 0 unspecified atom stereocenters. The molecule has 1 aliphatic heterocycles. The van der Waals surface area contributed by atoms with Crippen molar-refractivity contribution in [3.05, 3.63) is 83.2 Å². The van der Waals surface area contributed by atoms with Gasteiger partial charge < -0.3 is 10.4 Å². The van der Waals surface area contributed by atoms with Crippen LogP contribution < -0.4 is 5.32 Å². The van der Waals surface area contributed by atoms with E-state index >= 15 is 0 Å². The number of likely N-dealkylation sites (N-methyl/N-ethyl adjacent to an activating group) is 1. The van der Waals surface area contributed by atoms with Crippen LogP contribution in [0.2, 0.25) is 0 Å². The highest BCUT2D eigenvalue weighted by Crippen LogP contribution is 2.35. The standard InChI is InChI=1S/C26H29N3O2/c1-17(2)20-6-4-5-7-21(20)18-8-9-22-19(14-18)11-13-29(3)25(22)16-28-24-15-27-12-10-23(24)26(30)31/h4-10,12,14-15,17,25,28H,11,13,16H2,1-3H3,(H,30,31)/t25-/m0/s1. The van der Waals surface area contributed by atoms with Gasteiger partial charge >= 0.3 is 5.97 Å². The van der Waals surface area contributed by atoms with Crippen LogP contribution in [0.1, 0.15) is 52.9 Å². The number of aromatic nitrogens is 1. The molecule has 2 aromatic carbocycles. The van der Waals surface area contributed by atoms with E-state index in [4.69, 9.17) is 0 Å². The second-order valence-corrected chi connectivity index (χ2v) is 8.51. The van der Waals surface area contributed by atoms with Gasteiger partial charge in [0, 0.05) is 19.3 Å². The molecule has 0 radical (unpaired) electrons. The highest BCUT2D eigenvalue weighted by atomic mass is 16.4. The van der Waals surface area contributed by atoms with E-state index in [-0.39, 0.29) is 11.6 Å². The van der Waals surface area contributed by atoms with Crippen molar-refractivity contribution in [3.8, 4) is 11.1 Å². The van der Waals surface area contributed by atoms with Crippen molar-refractivity contribution >= 4 is 11.7 Å². The van der Waals surface area contributed by atoms with Crippen molar-refractivity contribution in [2.24, 2.45) is 0 Å². The maximum Gasteiger partial charge on any atom is 0.337 e. The second kappa shape index (κ2) is 8.90. The molecular formula is C26H29N3O2. The molecule has 0 fully saturated rings. The van der Waals surface area contributed by atoms with Crippen molar-refractivity contribution in [2.75, 3.05) is 25.5 Å². The van der Waals surface area contributed by atoms with Crippen LogP contribution in [-0.4, -0.2) is 41.1 Å². The SMILES string of the molecule is CC(C)c1ccccc1-c1ccc2c(c1)CCN(C)[C@H]2CNc1cnccc1C(=O)O. The van der Waals surface area contributed by atoms with Crippen molar-refractivity contribution in [1.82, 2.24) is 9.88 Å². The monoisotopic (exact) mass is 415 g/mol. The third-order valence-electron chi connectivity index (χ3n) is 6.20. The molecule has 5 nitrogen and oxygen atoms in total. The van der Waals surface area contributed by atoms with Crippen LogP contribution in [0.15, 0.2) is 60.9 Å². The van der Waals surface area contributed by atoms with E-state index < -0.39 is 5.97 Å². The summed E-state index contributed by atoms with van der Waals surface area (Å²) in [4.78, 5) is 17.9. The zero-order valence-electron chi connectivity index (χ0n) is 18.3. The Morgan fingerprint density at radius 2 is 2.03 bits per heavy atom. The first-order chi connectivity index (χ1) is 15.0. The van der Waals surface area contributed by atoms with Gasteiger partial charge in [0.2, 0.25) is 0 Å². The number of carboxylic acid groups (broad SMARTS) is 1. The van der Waals surface area contributed by atoms with Crippen LogP contribution in [-0.2, 0) is 6.42 Å². The average Bonchev–Trinajstić information content (AvgIpc) is 2.78. The van der Waals surface area contributed by atoms with Gasteiger partial charge in [-0.3, -0.25) is 9.88 Å². The fourth-order valence-corrected chi connectivity index (χ4v) is 4.46. The summed E-state index contributed by atoms with van der Waals surface area (Å²) in [6, 6.07) is 17.1. The Balaban J connectivity index is 1.62. The second-order valence-electron chi connectivity index (χ2n) is 8.51. The molecule has 1 aromatic heterocycles. The molecule has 2 heterocycles. The van der Waals surface area contributed by atoms with Gasteiger partial charge in [0.25, 0.3) is 0 Å². The van der Waals surface area contributed by atoms with E-state index in [0.717, 1.165) is 13.0 Å². The number of anilines is 1. The minimum atomic E-state index is -0.948. The molecule has 0 saturated heterocycles. The van der Waals surface area contributed by atoms with Gasteiger partial charge in [-0.1, -0.05) is 56.3 Å². The average molecular weight is 416 g/mol. The molecule has 0 bridgehead atoms. The van der Waals surface area contributed by atoms with Crippen LogP contribution in [0.25, 0.3) is 11.1 Å². The van der Waals surface area contributed by atoms with E-state index in [1.54, 1.807) is 6.20 Å². The number of nitrogens with one attached hydrogen (secondary N) is 1. The van der Waals surface area contributed by atoms with E-state index in [1.165, 1.54) is 40.1 Å². The lowest BCUT2D eigenvalue weighted by atomic mass is 9.87. The summed E-state index contributed by atoms with van der Waals surface area (Å²) in [6.07, 6.45) is 4.10. The van der Waals surface area contributed by atoms with Gasteiger partial charge in [0.1, 0.15) is 0 Å². The fourth-order valence-electron chi connectivity index (χ4n) is 4.46. The van der Waals surface area contributed by atoms with Gasteiger partial charge in [-0.15, -0.1) is 0 Å². The molecule has 0 spiro atoms. The first-order valence-corrected chi connectivity index (χ1v) is 10.8. The minimum Gasteiger partial charge on any atom is -0.478 e. The minimum absolute atomic E-state index is 0.167. The number of fused-ring (bicyclic) bond motifs is 1. The molecule has 31 heavy (non-hydrogen) atoms. The fraction of sp³-hybridized carbons (Fsp3) is 0.308. The summed E-state index contributed by atoms with van der Waals surface area (Å²) in [5.41, 5.74) is 7.40. The predicted molar refractivity (Wildman–Crippen MR) is 125 cm³/mol. The Morgan fingerprint density at radius 1 is 1.23 bits per heavy atom. The predicted octanol–water partition coefficient (Wildman–Crippen LogP) is 5.21. The van der Waals surface area contributed by atoms with E-state index in [0.29, 0.717) is 18.2 Å². The number of carbonyl (C=O) groups is 1.